The molecular formula is C16H15N3S. The van der Waals surface area contributed by atoms with Crippen LogP contribution in [0.1, 0.15) is 17.7 Å². The molecule has 4 heteroatoms. The number of benzene rings is 2. The average molecular weight is 281 g/mol. The highest BCUT2D eigenvalue weighted by atomic mass is 32.2. The van der Waals surface area contributed by atoms with E-state index in [1.54, 1.807) is 18.1 Å². The van der Waals surface area contributed by atoms with Gasteiger partial charge in [0.15, 0.2) is 0 Å². The van der Waals surface area contributed by atoms with E-state index in [4.69, 9.17) is 5.73 Å². The molecule has 0 aliphatic rings. The van der Waals surface area contributed by atoms with Gasteiger partial charge in [0.2, 0.25) is 0 Å². The molecular weight excluding hydrogens is 266 g/mol. The van der Waals surface area contributed by atoms with Crippen molar-refractivity contribution in [3.05, 3.63) is 60.4 Å². The van der Waals surface area contributed by atoms with Crippen LogP contribution in [0.4, 0.5) is 5.69 Å². The first-order valence-corrected chi connectivity index (χ1v) is 7.34. The molecule has 2 aromatic carbocycles. The van der Waals surface area contributed by atoms with Gasteiger partial charge in [0.1, 0.15) is 11.4 Å². The summed E-state index contributed by atoms with van der Waals surface area (Å²) in [7, 11) is 0. The van der Waals surface area contributed by atoms with Crippen molar-refractivity contribution < 1.29 is 0 Å². The van der Waals surface area contributed by atoms with Crippen LogP contribution in [0.15, 0.2) is 59.9 Å². The Labute approximate surface area is 122 Å². The Morgan fingerprint density at radius 3 is 2.55 bits per heavy atom. The first-order valence-electron chi connectivity index (χ1n) is 6.46. The van der Waals surface area contributed by atoms with E-state index in [-0.39, 0.29) is 0 Å². The lowest BCUT2D eigenvalue weighted by atomic mass is 10.1. The van der Waals surface area contributed by atoms with E-state index in [0.29, 0.717) is 5.25 Å². The Kier molecular flexibility index (Phi) is 3.56. The van der Waals surface area contributed by atoms with Gasteiger partial charge in [-0.3, -0.25) is 0 Å². The van der Waals surface area contributed by atoms with Gasteiger partial charge in [-0.25, -0.2) is 9.97 Å². The zero-order valence-electron chi connectivity index (χ0n) is 11.2. The maximum Gasteiger partial charge on any atom is 0.117 e. The topological polar surface area (TPSA) is 51.8 Å². The third-order valence-electron chi connectivity index (χ3n) is 3.20. The maximum absolute atomic E-state index is 5.73. The van der Waals surface area contributed by atoms with E-state index < -0.39 is 0 Å². The van der Waals surface area contributed by atoms with Crippen molar-refractivity contribution in [1.82, 2.24) is 9.97 Å². The van der Waals surface area contributed by atoms with E-state index in [9.17, 15) is 0 Å². The van der Waals surface area contributed by atoms with Crippen LogP contribution in [0.5, 0.6) is 0 Å². The van der Waals surface area contributed by atoms with Gasteiger partial charge in [0.25, 0.3) is 0 Å². The molecule has 1 atom stereocenters. The summed E-state index contributed by atoms with van der Waals surface area (Å²) in [6.45, 7) is 2.17. The summed E-state index contributed by atoms with van der Waals surface area (Å²) in [5.74, 6) is 0. The van der Waals surface area contributed by atoms with Gasteiger partial charge < -0.3 is 5.73 Å². The quantitative estimate of drug-likeness (QED) is 0.447. The zero-order valence-corrected chi connectivity index (χ0v) is 12.0. The summed E-state index contributed by atoms with van der Waals surface area (Å²) in [5, 5.41) is 2.43. The molecule has 3 aromatic rings. The fraction of sp³-hybridized carbons (Fsp3) is 0.125. The lowest BCUT2D eigenvalue weighted by molar-refractivity contribution is 1.06. The molecule has 3 nitrogen and oxygen atoms in total. The van der Waals surface area contributed by atoms with Gasteiger partial charge in [-0.15, -0.1) is 0 Å². The summed E-state index contributed by atoms with van der Waals surface area (Å²) in [6, 6.07) is 16.1. The Morgan fingerprint density at radius 1 is 1.00 bits per heavy atom. The number of fused-ring (bicyclic) bond motifs is 1. The molecule has 0 fully saturated rings. The minimum Gasteiger partial charge on any atom is -0.399 e. The monoisotopic (exact) mass is 281 g/mol. The minimum absolute atomic E-state index is 0.314. The molecule has 0 radical (unpaired) electrons. The van der Waals surface area contributed by atoms with E-state index in [0.717, 1.165) is 21.6 Å². The predicted octanol–water partition coefficient (Wildman–Crippen LogP) is 4.07. The molecule has 20 heavy (non-hydrogen) atoms. The largest absolute Gasteiger partial charge is 0.399 e. The number of hydrogen-bond acceptors (Lipinski definition) is 4. The van der Waals surface area contributed by atoms with Crippen LogP contribution in [-0.4, -0.2) is 9.97 Å². The summed E-state index contributed by atoms with van der Waals surface area (Å²) < 4.78 is 0. The fourth-order valence-electron chi connectivity index (χ4n) is 2.08. The molecule has 0 aliphatic carbocycles. The average Bonchev–Trinajstić information content (AvgIpc) is 2.48. The molecule has 0 saturated heterocycles. The lowest BCUT2D eigenvalue weighted by Crippen LogP contribution is -1.93. The lowest BCUT2D eigenvalue weighted by Gasteiger charge is -2.12. The predicted molar refractivity (Wildman–Crippen MR) is 84.7 cm³/mol. The van der Waals surface area contributed by atoms with Crippen LogP contribution in [0.25, 0.3) is 10.9 Å². The maximum atomic E-state index is 5.73. The number of nitrogen functional groups attached to an aromatic ring is 1. The standard InChI is InChI=1S/C16H15N3S/c1-11(12-6-8-13(17)9-7-12)20-16-14-4-2-3-5-15(14)18-10-19-16/h2-11H,17H2,1H3. The van der Waals surface area contributed by atoms with E-state index in [2.05, 4.69) is 35.1 Å². The number of thioether (sulfide) groups is 1. The van der Waals surface area contributed by atoms with Gasteiger partial charge >= 0.3 is 0 Å². The highest BCUT2D eigenvalue weighted by molar-refractivity contribution is 7.99. The van der Waals surface area contributed by atoms with Crippen molar-refractivity contribution in [2.75, 3.05) is 5.73 Å². The van der Waals surface area contributed by atoms with Crippen molar-refractivity contribution >= 4 is 28.4 Å². The molecule has 0 aliphatic heterocycles. The number of aromatic nitrogens is 2. The Morgan fingerprint density at radius 2 is 1.75 bits per heavy atom. The van der Waals surface area contributed by atoms with Gasteiger partial charge in [-0.05, 0) is 30.7 Å². The number of para-hydroxylation sites is 1. The van der Waals surface area contributed by atoms with E-state index in [1.807, 2.05) is 30.3 Å². The summed E-state index contributed by atoms with van der Waals surface area (Å²) in [6.07, 6.45) is 1.63. The van der Waals surface area contributed by atoms with Gasteiger partial charge in [-0.1, -0.05) is 42.1 Å². The first-order chi connectivity index (χ1) is 9.74. The molecule has 2 N–H and O–H groups in total. The SMILES string of the molecule is CC(Sc1ncnc2ccccc12)c1ccc(N)cc1. The third kappa shape index (κ3) is 2.60. The van der Waals surface area contributed by atoms with Crippen molar-refractivity contribution in [3.63, 3.8) is 0 Å². The third-order valence-corrected chi connectivity index (χ3v) is 4.37. The summed E-state index contributed by atoms with van der Waals surface area (Å²) in [5.41, 5.74) is 8.74. The number of nitrogens with two attached hydrogens (primary N) is 1. The highest BCUT2D eigenvalue weighted by Crippen LogP contribution is 2.36. The molecule has 0 bridgehead atoms. The zero-order chi connectivity index (χ0) is 13.9. The molecule has 3 rings (SSSR count). The molecule has 0 amide bonds. The van der Waals surface area contributed by atoms with Gasteiger partial charge in [-0.2, -0.15) is 0 Å². The van der Waals surface area contributed by atoms with Crippen LogP contribution in [-0.2, 0) is 0 Å². The van der Waals surface area contributed by atoms with Crippen LogP contribution in [0.3, 0.4) is 0 Å². The molecule has 1 heterocycles. The molecule has 0 spiro atoms. The molecule has 1 unspecified atom stereocenters. The number of rotatable bonds is 3. The van der Waals surface area contributed by atoms with Crippen LogP contribution in [0.2, 0.25) is 0 Å². The van der Waals surface area contributed by atoms with Crippen LogP contribution < -0.4 is 5.73 Å². The second-order valence-corrected chi connectivity index (χ2v) is 5.95. The van der Waals surface area contributed by atoms with Crippen LogP contribution in [0, 0.1) is 0 Å². The number of hydrogen-bond donors (Lipinski definition) is 1. The van der Waals surface area contributed by atoms with E-state index in [1.165, 1.54) is 5.56 Å². The van der Waals surface area contributed by atoms with E-state index >= 15 is 0 Å². The van der Waals surface area contributed by atoms with Crippen molar-refractivity contribution in [2.24, 2.45) is 0 Å². The number of nitrogens with zero attached hydrogens (tertiary/aromatic N) is 2. The van der Waals surface area contributed by atoms with Crippen molar-refractivity contribution in [3.8, 4) is 0 Å². The molecule has 100 valence electrons. The van der Waals surface area contributed by atoms with Crippen molar-refractivity contribution in [1.29, 1.82) is 0 Å². The Hall–Kier alpha value is -2.07. The number of anilines is 1. The highest BCUT2D eigenvalue weighted by Gasteiger charge is 2.11. The Balaban J connectivity index is 1.91. The summed E-state index contributed by atoms with van der Waals surface area (Å²) >= 11 is 1.74. The van der Waals surface area contributed by atoms with Crippen molar-refractivity contribution in [2.45, 2.75) is 17.2 Å². The molecule has 1 aromatic heterocycles. The normalized spacial score (nSPS) is 12.4. The second kappa shape index (κ2) is 5.51. The minimum atomic E-state index is 0.314. The summed E-state index contributed by atoms with van der Waals surface area (Å²) in [4.78, 5) is 8.71. The first kappa shape index (κ1) is 12.9. The molecule has 0 saturated carbocycles. The second-order valence-electron chi connectivity index (χ2n) is 4.62. The van der Waals surface area contributed by atoms with Gasteiger partial charge in [0.05, 0.1) is 5.52 Å². The Bertz CT molecular complexity index is 720. The fourth-order valence-corrected chi connectivity index (χ4v) is 3.11. The smallest absolute Gasteiger partial charge is 0.117 e. The van der Waals surface area contributed by atoms with Crippen LogP contribution >= 0.6 is 11.8 Å². The van der Waals surface area contributed by atoms with Gasteiger partial charge in [0, 0.05) is 16.3 Å².